The number of rotatable bonds is 5. The van der Waals surface area contributed by atoms with Crippen LogP contribution in [-0.2, 0) is 9.53 Å². The molecule has 2 amide bonds. The van der Waals surface area contributed by atoms with Gasteiger partial charge in [0.25, 0.3) is 0 Å². The number of ether oxygens (including phenoxy) is 1. The summed E-state index contributed by atoms with van der Waals surface area (Å²) in [5.74, 6) is -0.825. The molecule has 2 rings (SSSR count). The molecule has 6 heteroatoms. The first-order valence-electron chi connectivity index (χ1n) is 6.35. The average molecular weight is 256 g/mol. The lowest BCUT2D eigenvalue weighted by atomic mass is 10.0. The van der Waals surface area contributed by atoms with E-state index in [1.165, 1.54) is 0 Å². The summed E-state index contributed by atoms with van der Waals surface area (Å²) >= 11 is 0. The topological polar surface area (TPSA) is 87.7 Å². The molecule has 0 aromatic heterocycles. The highest BCUT2D eigenvalue weighted by Gasteiger charge is 2.50. The van der Waals surface area contributed by atoms with Gasteiger partial charge in [0.1, 0.15) is 0 Å². The summed E-state index contributed by atoms with van der Waals surface area (Å²) in [6.07, 6.45) is 3.24. The van der Waals surface area contributed by atoms with Crippen LogP contribution in [-0.4, -0.2) is 42.4 Å². The Morgan fingerprint density at radius 1 is 1.22 bits per heavy atom. The van der Waals surface area contributed by atoms with E-state index in [1.54, 1.807) is 0 Å². The third-order valence-corrected chi connectivity index (χ3v) is 3.82. The van der Waals surface area contributed by atoms with Gasteiger partial charge in [0.05, 0.1) is 11.0 Å². The van der Waals surface area contributed by atoms with Crippen molar-refractivity contribution in [3.63, 3.8) is 0 Å². The molecule has 3 N–H and O–H groups in total. The summed E-state index contributed by atoms with van der Waals surface area (Å²) in [6.45, 7) is 3.37. The Kier molecular flexibility index (Phi) is 3.47. The molecule has 1 aliphatic heterocycles. The summed E-state index contributed by atoms with van der Waals surface area (Å²) in [7, 11) is 0. The van der Waals surface area contributed by atoms with Crippen LogP contribution in [0.15, 0.2) is 0 Å². The van der Waals surface area contributed by atoms with Crippen molar-refractivity contribution < 1.29 is 19.4 Å². The van der Waals surface area contributed by atoms with Crippen molar-refractivity contribution in [2.45, 2.75) is 38.2 Å². The van der Waals surface area contributed by atoms with Gasteiger partial charge in [0, 0.05) is 19.7 Å². The molecule has 1 atom stereocenters. The normalized spacial score (nSPS) is 28.7. The van der Waals surface area contributed by atoms with Crippen molar-refractivity contribution in [2.75, 3.05) is 19.7 Å². The van der Waals surface area contributed by atoms with Crippen LogP contribution in [0.25, 0.3) is 0 Å². The van der Waals surface area contributed by atoms with Crippen molar-refractivity contribution in [2.24, 2.45) is 5.41 Å². The molecular weight excluding hydrogens is 236 g/mol. The molecule has 0 aromatic rings. The van der Waals surface area contributed by atoms with E-state index in [0.717, 1.165) is 19.4 Å². The second-order valence-corrected chi connectivity index (χ2v) is 5.52. The molecule has 0 aromatic carbocycles. The van der Waals surface area contributed by atoms with Gasteiger partial charge in [-0.15, -0.1) is 0 Å². The van der Waals surface area contributed by atoms with E-state index in [0.29, 0.717) is 19.4 Å². The fraction of sp³-hybridized carbons (Fsp3) is 0.833. The van der Waals surface area contributed by atoms with Crippen LogP contribution in [0.2, 0.25) is 0 Å². The minimum Gasteiger partial charge on any atom is -0.481 e. The fourth-order valence-electron chi connectivity index (χ4n) is 2.17. The first kappa shape index (κ1) is 13.1. The number of carboxylic acid groups (broad SMARTS) is 1. The molecule has 1 saturated heterocycles. The summed E-state index contributed by atoms with van der Waals surface area (Å²) in [4.78, 5) is 22.5. The first-order chi connectivity index (χ1) is 8.46. The van der Waals surface area contributed by atoms with Crippen molar-refractivity contribution >= 4 is 12.0 Å². The van der Waals surface area contributed by atoms with Crippen molar-refractivity contribution in [3.05, 3.63) is 0 Å². The molecular formula is C12H20N2O4. The zero-order valence-corrected chi connectivity index (χ0v) is 10.6. The number of hydrogen-bond donors (Lipinski definition) is 3. The van der Waals surface area contributed by atoms with Gasteiger partial charge < -0.3 is 20.5 Å². The maximum absolute atomic E-state index is 11.6. The second kappa shape index (κ2) is 4.76. The number of urea groups is 1. The van der Waals surface area contributed by atoms with Gasteiger partial charge in [-0.05, 0) is 32.6 Å². The third kappa shape index (κ3) is 2.93. The third-order valence-electron chi connectivity index (χ3n) is 3.82. The SMILES string of the molecule is CC1(CNC(=O)NCC2(C(=O)O)CC2)CCCO1. The first-order valence-corrected chi connectivity index (χ1v) is 6.35. The lowest BCUT2D eigenvalue weighted by molar-refractivity contribution is -0.143. The predicted octanol–water partition coefficient (Wildman–Crippen LogP) is 0.719. The Morgan fingerprint density at radius 3 is 2.39 bits per heavy atom. The van der Waals surface area contributed by atoms with Gasteiger partial charge in [0.15, 0.2) is 0 Å². The van der Waals surface area contributed by atoms with Gasteiger partial charge in [-0.3, -0.25) is 4.79 Å². The van der Waals surface area contributed by atoms with Crippen LogP contribution in [0, 0.1) is 5.41 Å². The van der Waals surface area contributed by atoms with E-state index >= 15 is 0 Å². The van der Waals surface area contributed by atoms with E-state index in [1.807, 2.05) is 6.92 Å². The number of nitrogens with one attached hydrogen (secondary N) is 2. The van der Waals surface area contributed by atoms with Gasteiger partial charge >= 0.3 is 12.0 Å². The minimum absolute atomic E-state index is 0.200. The number of hydrogen-bond acceptors (Lipinski definition) is 3. The standard InChI is InChI=1S/C12H20N2O4/c1-11(3-2-6-18-11)7-13-10(17)14-8-12(4-5-12)9(15)16/h2-8H2,1H3,(H,15,16)(H2,13,14,17). The molecule has 1 aliphatic carbocycles. The highest BCUT2D eigenvalue weighted by atomic mass is 16.5. The quantitative estimate of drug-likeness (QED) is 0.676. The van der Waals surface area contributed by atoms with Gasteiger partial charge in [0.2, 0.25) is 0 Å². The molecule has 6 nitrogen and oxygen atoms in total. The van der Waals surface area contributed by atoms with Crippen molar-refractivity contribution in [3.8, 4) is 0 Å². The van der Waals surface area contributed by atoms with Crippen LogP contribution in [0.4, 0.5) is 4.79 Å². The van der Waals surface area contributed by atoms with Crippen LogP contribution in [0.1, 0.15) is 32.6 Å². The predicted molar refractivity (Wildman–Crippen MR) is 64.3 cm³/mol. The Balaban J connectivity index is 1.68. The van der Waals surface area contributed by atoms with Crippen LogP contribution in [0.5, 0.6) is 0 Å². The summed E-state index contributed by atoms with van der Waals surface area (Å²) < 4.78 is 5.55. The highest BCUT2D eigenvalue weighted by molar-refractivity contribution is 5.80. The van der Waals surface area contributed by atoms with Crippen molar-refractivity contribution in [1.82, 2.24) is 10.6 Å². The van der Waals surface area contributed by atoms with E-state index < -0.39 is 11.4 Å². The second-order valence-electron chi connectivity index (χ2n) is 5.52. The maximum Gasteiger partial charge on any atom is 0.314 e. The average Bonchev–Trinajstić information content (AvgIpc) is 3.01. The molecule has 2 fully saturated rings. The smallest absolute Gasteiger partial charge is 0.314 e. The molecule has 1 heterocycles. The van der Waals surface area contributed by atoms with E-state index in [4.69, 9.17) is 9.84 Å². The molecule has 0 radical (unpaired) electrons. The lowest BCUT2D eigenvalue weighted by Crippen LogP contribution is -2.46. The highest BCUT2D eigenvalue weighted by Crippen LogP contribution is 2.45. The molecule has 102 valence electrons. The molecule has 1 unspecified atom stereocenters. The Hall–Kier alpha value is -1.30. The number of carbonyl (C=O) groups excluding carboxylic acids is 1. The molecule has 18 heavy (non-hydrogen) atoms. The van der Waals surface area contributed by atoms with E-state index in [-0.39, 0.29) is 18.2 Å². The Labute approximate surface area is 106 Å². The Bertz CT molecular complexity index is 346. The maximum atomic E-state index is 11.6. The van der Waals surface area contributed by atoms with Crippen LogP contribution in [0.3, 0.4) is 0 Å². The number of carbonyl (C=O) groups is 2. The van der Waals surface area contributed by atoms with E-state index in [9.17, 15) is 9.59 Å². The van der Waals surface area contributed by atoms with Gasteiger partial charge in [-0.1, -0.05) is 0 Å². The minimum atomic E-state index is -0.825. The summed E-state index contributed by atoms with van der Waals surface area (Å²) in [6, 6.07) is -0.320. The zero-order valence-electron chi connectivity index (χ0n) is 10.6. The summed E-state index contributed by atoms with van der Waals surface area (Å²) in [5, 5.41) is 14.3. The summed E-state index contributed by atoms with van der Waals surface area (Å²) in [5.41, 5.74) is -0.994. The van der Waals surface area contributed by atoms with Crippen molar-refractivity contribution in [1.29, 1.82) is 0 Å². The molecule has 1 saturated carbocycles. The lowest BCUT2D eigenvalue weighted by Gasteiger charge is -2.23. The number of carboxylic acids is 1. The van der Waals surface area contributed by atoms with Crippen LogP contribution >= 0.6 is 0 Å². The monoisotopic (exact) mass is 256 g/mol. The van der Waals surface area contributed by atoms with Gasteiger partial charge in [-0.25, -0.2) is 4.79 Å². The zero-order chi connectivity index (χ0) is 13.2. The fourth-order valence-corrected chi connectivity index (χ4v) is 2.17. The van der Waals surface area contributed by atoms with Crippen LogP contribution < -0.4 is 10.6 Å². The Morgan fingerprint density at radius 2 is 1.89 bits per heavy atom. The number of amides is 2. The van der Waals surface area contributed by atoms with Gasteiger partial charge in [-0.2, -0.15) is 0 Å². The number of aliphatic carboxylic acids is 1. The van der Waals surface area contributed by atoms with E-state index in [2.05, 4.69) is 10.6 Å². The molecule has 0 bridgehead atoms. The molecule has 2 aliphatic rings. The molecule has 0 spiro atoms. The largest absolute Gasteiger partial charge is 0.481 e.